The second kappa shape index (κ2) is 5.22. The Hall–Kier alpha value is 0.420. The molecule has 0 radical (unpaired) electrons. The molecule has 0 rings (SSSR count). The molecule has 2 amide bonds. The van der Waals surface area contributed by atoms with Crippen LogP contribution < -0.4 is 4.72 Å². The van der Waals surface area contributed by atoms with Crippen molar-refractivity contribution in [3.8, 4) is 0 Å². The molecule has 8 heteroatoms. The van der Waals surface area contributed by atoms with E-state index < -0.39 is 6.03 Å². The molecule has 0 heterocycles. The Morgan fingerprint density at radius 1 is 1.78 bits per heavy atom. The predicted octanol–water partition coefficient (Wildman–Crippen LogP) is 1.54. The Kier molecular flexibility index (Phi) is 5.47. The van der Waals surface area contributed by atoms with E-state index in [0.717, 1.165) is 14.6 Å². The number of carbonyl (C=O) groups is 1. The molecular formula is CH3N2O2PS3. The molecule has 0 saturated carbocycles. The van der Waals surface area contributed by atoms with Gasteiger partial charge in [0.05, 0.1) is 0 Å². The fraction of sp³-hybridized carbons (Fsp3) is 0. The fourth-order valence-corrected chi connectivity index (χ4v) is 1.27. The third-order valence-corrected chi connectivity index (χ3v) is 2.46. The molecule has 0 spiro atoms. The molecule has 4 nitrogen and oxygen atoms in total. The summed E-state index contributed by atoms with van der Waals surface area (Å²) in [6.45, 7) is 0. The van der Waals surface area contributed by atoms with Gasteiger partial charge in [-0.2, -0.15) is 0 Å². The van der Waals surface area contributed by atoms with Gasteiger partial charge in [-0.25, -0.2) is 0 Å². The third kappa shape index (κ3) is 3.91. The van der Waals surface area contributed by atoms with Crippen LogP contribution in [0.5, 0.6) is 0 Å². The van der Waals surface area contributed by atoms with E-state index in [4.69, 9.17) is 0 Å². The zero-order chi connectivity index (χ0) is 7.28. The number of urea groups is 1. The van der Waals surface area contributed by atoms with Crippen LogP contribution >= 0.6 is 43.6 Å². The summed E-state index contributed by atoms with van der Waals surface area (Å²) in [4.78, 5) is 10.4. The van der Waals surface area contributed by atoms with E-state index >= 15 is 0 Å². The summed E-state index contributed by atoms with van der Waals surface area (Å²) in [6, 6.07) is -0.532. The van der Waals surface area contributed by atoms with Crippen molar-refractivity contribution >= 4 is 49.6 Å². The quantitative estimate of drug-likeness (QED) is 0.317. The Labute approximate surface area is 67.6 Å². The molecule has 0 aliphatic rings. The van der Waals surface area contributed by atoms with Crippen molar-refractivity contribution in [1.82, 2.24) is 8.43 Å². The van der Waals surface area contributed by atoms with Gasteiger partial charge in [-0.05, 0) is 0 Å². The van der Waals surface area contributed by atoms with Gasteiger partial charge < -0.3 is 0 Å². The summed E-state index contributed by atoms with van der Waals surface area (Å²) >= 11 is 7.05. The fourth-order valence-electron chi connectivity index (χ4n) is 0.111. The van der Waals surface area contributed by atoms with Crippen LogP contribution in [0.25, 0.3) is 0 Å². The number of nitrogens with zero attached hydrogens (tertiary/aromatic N) is 1. The molecule has 0 aromatic carbocycles. The van der Waals surface area contributed by atoms with Gasteiger partial charge in [0, 0.05) is 0 Å². The second-order valence-corrected chi connectivity index (χ2v) is 3.35. The number of nitrogens with one attached hydrogen (secondary N) is 1. The van der Waals surface area contributed by atoms with Crippen LogP contribution in [0.3, 0.4) is 0 Å². The molecular weight excluding hydrogens is 199 g/mol. The van der Waals surface area contributed by atoms with Crippen molar-refractivity contribution in [2.75, 3.05) is 0 Å². The maximum absolute atomic E-state index is 10.4. The summed E-state index contributed by atoms with van der Waals surface area (Å²) in [5, 5.41) is 0. The van der Waals surface area contributed by atoms with Crippen LogP contribution in [0.2, 0.25) is 0 Å². The van der Waals surface area contributed by atoms with Crippen molar-refractivity contribution < 1.29 is 9.36 Å². The van der Waals surface area contributed by atoms with Gasteiger partial charge in [0.2, 0.25) is 0 Å². The normalized spacial score (nSPS) is 7.78. The van der Waals surface area contributed by atoms with Crippen molar-refractivity contribution in [3.05, 3.63) is 0 Å². The molecule has 0 aromatic rings. The van der Waals surface area contributed by atoms with Crippen molar-refractivity contribution in [1.29, 1.82) is 0 Å². The van der Waals surface area contributed by atoms with E-state index in [2.05, 4.69) is 25.6 Å². The summed E-state index contributed by atoms with van der Waals surface area (Å²) in [6.07, 6.45) is 0. The summed E-state index contributed by atoms with van der Waals surface area (Å²) in [5.41, 5.74) is 0. The predicted molar refractivity (Wildman–Crippen MR) is 43.5 cm³/mol. The Bertz CT molecular complexity index is 199. The number of hydrogen-bond acceptors (Lipinski definition) is 4. The average Bonchev–Trinajstić information content (AvgIpc) is 1.87. The molecule has 0 saturated heterocycles. The number of carbonyl (C=O) groups excluding carboxylic acids is 1. The SMILES string of the molecule is O=P#SN(S)C(=O)NS. The van der Waals surface area contributed by atoms with Gasteiger partial charge in [0.1, 0.15) is 0 Å². The Balaban J connectivity index is 3.98. The van der Waals surface area contributed by atoms with E-state index in [1.807, 2.05) is 4.72 Å². The van der Waals surface area contributed by atoms with Crippen LogP contribution in [-0.2, 0) is 4.57 Å². The van der Waals surface area contributed by atoms with E-state index in [1.165, 1.54) is 0 Å². The van der Waals surface area contributed by atoms with Gasteiger partial charge in [0.25, 0.3) is 0 Å². The van der Waals surface area contributed by atoms with E-state index in [9.17, 15) is 9.36 Å². The molecule has 0 atom stereocenters. The van der Waals surface area contributed by atoms with Crippen molar-refractivity contribution in [2.24, 2.45) is 0 Å². The van der Waals surface area contributed by atoms with Crippen LogP contribution in [0.15, 0.2) is 0 Å². The first-order valence-electron chi connectivity index (χ1n) is 1.65. The van der Waals surface area contributed by atoms with Gasteiger partial charge >= 0.3 is 67.4 Å². The van der Waals surface area contributed by atoms with Crippen LogP contribution in [-0.4, -0.2) is 9.74 Å². The van der Waals surface area contributed by atoms with Gasteiger partial charge in [-0.15, -0.1) is 0 Å². The first-order valence-corrected chi connectivity index (χ1v) is 4.69. The van der Waals surface area contributed by atoms with E-state index in [-0.39, 0.29) is 7.03 Å². The molecule has 52 valence electrons. The standard InChI is InChI=1S/CH3N2O2PS3/c4-1(2-7)3(8)9-6-5/h7-8H,(H,2,4). The zero-order valence-electron chi connectivity index (χ0n) is 4.01. The van der Waals surface area contributed by atoms with Crippen molar-refractivity contribution in [3.63, 3.8) is 0 Å². The molecule has 0 unspecified atom stereocenters. The molecule has 9 heavy (non-hydrogen) atoms. The van der Waals surface area contributed by atoms with Gasteiger partial charge in [-0.1, -0.05) is 0 Å². The van der Waals surface area contributed by atoms with E-state index in [0.29, 0.717) is 0 Å². The third-order valence-electron chi connectivity index (χ3n) is 0.380. The van der Waals surface area contributed by atoms with Gasteiger partial charge in [-0.3, -0.25) is 0 Å². The average molecular weight is 202 g/mol. The number of hydrogen-bond donors (Lipinski definition) is 3. The molecule has 1 N–H and O–H groups in total. The molecule has 0 aromatic heterocycles. The summed E-state index contributed by atoms with van der Waals surface area (Å²) < 4.78 is 12.7. The minimum atomic E-state index is -0.532. The zero-order valence-corrected chi connectivity index (χ0v) is 7.51. The molecule has 0 bridgehead atoms. The Morgan fingerprint density at radius 2 is 2.33 bits per heavy atom. The van der Waals surface area contributed by atoms with Crippen LogP contribution in [0, 0.1) is 0 Å². The summed E-state index contributed by atoms with van der Waals surface area (Å²) in [5.74, 6) is 0. The second-order valence-electron chi connectivity index (χ2n) is 0.846. The molecule has 0 aliphatic heterocycles. The first-order chi connectivity index (χ1) is 4.22. The van der Waals surface area contributed by atoms with Crippen molar-refractivity contribution in [2.45, 2.75) is 0 Å². The van der Waals surface area contributed by atoms with Crippen LogP contribution in [0.1, 0.15) is 0 Å². The monoisotopic (exact) mass is 202 g/mol. The maximum atomic E-state index is 10.4. The number of rotatable bonds is 0. The van der Waals surface area contributed by atoms with E-state index in [1.54, 1.807) is 0 Å². The van der Waals surface area contributed by atoms with Crippen LogP contribution in [0.4, 0.5) is 4.79 Å². The first kappa shape index (κ1) is 9.42. The van der Waals surface area contributed by atoms with Gasteiger partial charge in [0.15, 0.2) is 0 Å². The molecule has 0 aliphatic carbocycles. The number of amides is 2. The Morgan fingerprint density at radius 3 is 2.67 bits per heavy atom. The minimum absolute atomic E-state index is 0.235. The topological polar surface area (TPSA) is 49.4 Å². The number of thiol groups is 2. The summed E-state index contributed by atoms with van der Waals surface area (Å²) in [7, 11) is 0.482. The molecule has 0 fully saturated rings.